The summed E-state index contributed by atoms with van der Waals surface area (Å²) in [4.78, 5) is 21.7. The van der Waals surface area contributed by atoms with Crippen molar-refractivity contribution in [3.8, 4) is 0 Å². The lowest BCUT2D eigenvalue weighted by molar-refractivity contribution is -0.116. The van der Waals surface area contributed by atoms with Crippen molar-refractivity contribution in [1.82, 2.24) is 9.88 Å². The Bertz CT molecular complexity index is 766. The van der Waals surface area contributed by atoms with Gasteiger partial charge < -0.3 is 15.1 Å². The molecule has 1 aliphatic rings. The summed E-state index contributed by atoms with van der Waals surface area (Å²) in [6.07, 6.45) is 2.53. The summed E-state index contributed by atoms with van der Waals surface area (Å²) >= 11 is 0. The van der Waals surface area contributed by atoms with Gasteiger partial charge in [0, 0.05) is 43.7 Å². The molecule has 3 rings (SSSR count). The maximum atomic E-state index is 12.0. The summed E-state index contributed by atoms with van der Waals surface area (Å²) in [6.45, 7) is 11.8. The number of aryl methyl sites for hydroxylation is 1. The largest absolute Gasteiger partial charge is 0.354 e. The summed E-state index contributed by atoms with van der Waals surface area (Å²) in [7, 11) is 0. The van der Waals surface area contributed by atoms with Gasteiger partial charge in [-0.05, 0) is 49.7 Å². The molecule has 26 heavy (non-hydrogen) atoms. The van der Waals surface area contributed by atoms with Crippen molar-refractivity contribution >= 4 is 28.3 Å². The summed E-state index contributed by atoms with van der Waals surface area (Å²) in [5.41, 5.74) is 3.05. The first-order valence-corrected chi connectivity index (χ1v) is 9.79. The maximum Gasteiger partial charge on any atom is 0.224 e. The van der Waals surface area contributed by atoms with E-state index in [9.17, 15) is 4.79 Å². The molecule has 0 aliphatic carbocycles. The Kier molecular flexibility index (Phi) is 6.09. The number of hydrogen-bond acceptors (Lipinski definition) is 4. The lowest BCUT2D eigenvalue weighted by Crippen LogP contribution is -2.46. The Hall–Kier alpha value is -2.14. The molecule has 0 saturated carbocycles. The number of carbonyl (C=O) groups is 1. The third kappa shape index (κ3) is 4.33. The number of unbranched alkanes of at least 4 members (excludes halogenated alkanes) is 1. The van der Waals surface area contributed by atoms with E-state index in [0.29, 0.717) is 6.42 Å². The molecule has 0 radical (unpaired) electrons. The first kappa shape index (κ1) is 18.6. The maximum absolute atomic E-state index is 12.0. The molecule has 1 aromatic heterocycles. The van der Waals surface area contributed by atoms with E-state index in [4.69, 9.17) is 4.98 Å². The quantitative estimate of drug-likeness (QED) is 0.857. The molecule has 1 aromatic carbocycles. The van der Waals surface area contributed by atoms with E-state index in [-0.39, 0.29) is 5.91 Å². The van der Waals surface area contributed by atoms with Crippen LogP contribution >= 0.6 is 0 Å². The number of likely N-dealkylation sites (N-methyl/N-ethyl adjacent to an activating group) is 1. The van der Waals surface area contributed by atoms with Gasteiger partial charge in [-0.3, -0.25) is 4.79 Å². The molecule has 1 aliphatic heterocycles. The average Bonchev–Trinajstić information content (AvgIpc) is 2.66. The topological polar surface area (TPSA) is 48.5 Å². The lowest BCUT2D eigenvalue weighted by atomic mass is 10.1. The molecule has 0 bridgehead atoms. The number of anilines is 2. The minimum Gasteiger partial charge on any atom is -0.354 e. The fourth-order valence-electron chi connectivity index (χ4n) is 3.47. The summed E-state index contributed by atoms with van der Waals surface area (Å²) in [5, 5.41) is 4.11. The predicted molar refractivity (Wildman–Crippen MR) is 109 cm³/mol. The van der Waals surface area contributed by atoms with Crippen LogP contribution in [0.5, 0.6) is 0 Å². The molecular formula is C21H30N4O. The highest BCUT2D eigenvalue weighted by Gasteiger charge is 2.17. The number of fused-ring (bicyclic) bond motifs is 1. The summed E-state index contributed by atoms with van der Waals surface area (Å²) < 4.78 is 0. The van der Waals surface area contributed by atoms with Crippen LogP contribution in [0.15, 0.2) is 24.3 Å². The van der Waals surface area contributed by atoms with Gasteiger partial charge in [-0.1, -0.05) is 20.3 Å². The highest BCUT2D eigenvalue weighted by Crippen LogP contribution is 2.26. The van der Waals surface area contributed by atoms with E-state index in [2.05, 4.69) is 42.0 Å². The van der Waals surface area contributed by atoms with Crippen LogP contribution in [-0.2, 0) is 4.79 Å². The Balaban J connectivity index is 1.77. The number of rotatable bonds is 6. The molecular weight excluding hydrogens is 324 g/mol. The second-order valence-electron chi connectivity index (χ2n) is 7.10. The number of nitrogens with one attached hydrogen (secondary N) is 1. The third-order valence-corrected chi connectivity index (χ3v) is 5.19. The fourth-order valence-corrected chi connectivity index (χ4v) is 3.47. The van der Waals surface area contributed by atoms with Crippen molar-refractivity contribution in [2.75, 3.05) is 42.9 Å². The van der Waals surface area contributed by atoms with Crippen molar-refractivity contribution < 1.29 is 4.79 Å². The zero-order valence-electron chi connectivity index (χ0n) is 16.2. The zero-order chi connectivity index (χ0) is 18.5. The van der Waals surface area contributed by atoms with Crippen LogP contribution in [0.25, 0.3) is 10.9 Å². The molecule has 0 atom stereocenters. The van der Waals surface area contributed by atoms with E-state index >= 15 is 0 Å². The number of aromatic nitrogens is 1. The van der Waals surface area contributed by atoms with Gasteiger partial charge in [0.1, 0.15) is 5.82 Å². The predicted octanol–water partition coefficient (Wildman–Crippen LogP) is 3.81. The van der Waals surface area contributed by atoms with Gasteiger partial charge in [0.2, 0.25) is 5.91 Å². The standard InChI is InChI=1S/C21H30N4O/c1-4-6-7-21(26)22-17-8-9-19-18(15-17)16(3)14-20(23-19)25-12-10-24(5-2)11-13-25/h8-9,14-15H,4-7,10-13H2,1-3H3,(H,22,26). The van der Waals surface area contributed by atoms with Gasteiger partial charge in [-0.2, -0.15) is 0 Å². The molecule has 2 heterocycles. The van der Waals surface area contributed by atoms with Gasteiger partial charge in [0.05, 0.1) is 5.52 Å². The number of hydrogen-bond donors (Lipinski definition) is 1. The Morgan fingerprint density at radius 2 is 1.92 bits per heavy atom. The van der Waals surface area contributed by atoms with Crippen LogP contribution in [0, 0.1) is 6.92 Å². The Morgan fingerprint density at radius 1 is 1.15 bits per heavy atom. The Morgan fingerprint density at radius 3 is 2.62 bits per heavy atom. The average molecular weight is 354 g/mol. The van der Waals surface area contributed by atoms with Crippen LogP contribution in [0.3, 0.4) is 0 Å². The lowest BCUT2D eigenvalue weighted by Gasteiger charge is -2.35. The second-order valence-corrected chi connectivity index (χ2v) is 7.10. The summed E-state index contributed by atoms with van der Waals surface area (Å²) in [5.74, 6) is 1.15. The van der Waals surface area contributed by atoms with Crippen LogP contribution in [0.2, 0.25) is 0 Å². The van der Waals surface area contributed by atoms with E-state index in [1.807, 2.05) is 18.2 Å². The van der Waals surface area contributed by atoms with E-state index < -0.39 is 0 Å². The minimum atomic E-state index is 0.0854. The number of carbonyl (C=O) groups excluding carboxylic acids is 1. The molecule has 1 saturated heterocycles. The molecule has 5 heteroatoms. The van der Waals surface area contributed by atoms with Gasteiger partial charge >= 0.3 is 0 Å². The van der Waals surface area contributed by atoms with Crippen LogP contribution in [0.1, 0.15) is 38.7 Å². The van der Waals surface area contributed by atoms with E-state index in [1.54, 1.807) is 0 Å². The molecule has 0 unspecified atom stereocenters. The van der Waals surface area contributed by atoms with Crippen LogP contribution in [-0.4, -0.2) is 48.5 Å². The minimum absolute atomic E-state index is 0.0854. The van der Waals surface area contributed by atoms with Crippen LogP contribution in [0.4, 0.5) is 11.5 Å². The molecule has 5 nitrogen and oxygen atoms in total. The zero-order valence-corrected chi connectivity index (χ0v) is 16.2. The molecule has 2 aromatic rings. The molecule has 1 amide bonds. The van der Waals surface area contributed by atoms with Crippen molar-refractivity contribution in [3.63, 3.8) is 0 Å². The highest BCUT2D eigenvalue weighted by molar-refractivity contribution is 5.94. The fraction of sp³-hybridized carbons (Fsp3) is 0.524. The van der Waals surface area contributed by atoms with Crippen molar-refractivity contribution in [3.05, 3.63) is 29.8 Å². The van der Waals surface area contributed by atoms with Crippen molar-refractivity contribution in [2.24, 2.45) is 0 Å². The SMILES string of the molecule is CCCCC(=O)Nc1ccc2nc(N3CCN(CC)CC3)cc(C)c2c1. The Labute approximate surface area is 156 Å². The third-order valence-electron chi connectivity index (χ3n) is 5.19. The number of amides is 1. The molecule has 1 fully saturated rings. The van der Waals surface area contributed by atoms with E-state index in [1.165, 1.54) is 5.56 Å². The van der Waals surface area contributed by atoms with Crippen molar-refractivity contribution in [2.45, 2.75) is 40.0 Å². The normalized spacial score (nSPS) is 15.4. The molecule has 0 spiro atoms. The highest BCUT2D eigenvalue weighted by atomic mass is 16.1. The summed E-state index contributed by atoms with van der Waals surface area (Å²) in [6, 6.07) is 8.19. The van der Waals surface area contributed by atoms with E-state index in [0.717, 1.165) is 68.0 Å². The molecule has 140 valence electrons. The van der Waals surface area contributed by atoms with Crippen LogP contribution < -0.4 is 10.2 Å². The first-order valence-electron chi connectivity index (χ1n) is 9.79. The van der Waals surface area contributed by atoms with Gasteiger partial charge in [-0.25, -0.2) is 4.98 Å². The van der Waals surface area contributed by atoms with Gasteiger partial charge in [0.25, 0.3) is 0 Å². The monoisotopic (exact) mass is 354 g/mol. The number of benzene rings is 1. The number of nitrogens with zero attached hydrogens (tertiary/aromatic N) is 3. The number of pyridine rings is 1. The van der Waals surface area contributed by atoms with Crippen molar-refractivity contribution in [1.29, 1.82) is 0 Å². The molecule has 1 N–H and O–H groups in total. The second kappa shape index (κ2) is 8.49. The van der Waals surface area contributed by atoms with Gasteiger partial charge in [-0.15, -0.1) is 0 Å². The smallest absolute Gasteiger partial charge is 0.224 e. The van der Waals surface area contributed by atoms with Gasteiger partial charge in [0.15, 0.2) is 0 Å². The number of piperazine rings is 1. The first-order chi connectivity index (χ1) is 12.6.